The summed E-state index contributed by atoms with van der Waals surface area (Å²) in [6.45, 7) is 1.93. The van der Waals surface area contributed by atoms with Crippen LogP contribution in [-0.4, -0.2) is 32.2 Å². The molecule has 1 fully saturated rings. The maximum absolute atomic E-state index is 12.7. The van der Waals surface area contributed by atoms with Crippen molar-refractivity contribution in [3.8, 4) is 11.4 Å². The highest BCUT2D eigenvalue weighted by Gasteiger charge is 2.40. The van der Waals surface area contributed by atoms with Crippen molar-refractivity contribution in [2.45, 2.75) is 23.8 Å². The van der Waals surface area contributed by atoms with E-state index in [0.717, 1.165) is 11.1 Å². The minimum absolute atomic E-state index is 0.145. The van der Waals surface area contributed by atoms with Crippen LogP contribution in [0.2, 0.25) is 0 Å². The summed E-state index contributed by atoms with van der Waals surface area (Å²) >= 11 is 1.22. The fraction of sp³-hybridized carbons (Fsp3) is 0.158. The third-order valence-electron chi connectivity index (χ3n) is 4.12. The minimum Gasteiger partial charge on any atom is -0.274 e. The largest absolute Gasteiger partial charge is 0.274 e. The van der Waals surface area contributed by atoms with Crippen molar-refractivity contribution in [2.24, 2.45) is 0 Å². The smallest absolute Gasteiger partial charge is 0.247 e. The summed E-state index contributed by atoms with van der Waals surface area (Å²) in [5, 5.41) is 7.00. The Balaban J connectivity index is 1.52. The van der Waals surface area contributed by atoms with E-state index in [0.29, 0.717) is 16.7 Å². The van der Waals surface area contributed by atoms with Crippen LogP contribution in [0.3, 0.4) is 0 Å². The summed E-state index contributed by atoms with van der Waals surface area (Å²) in [4.78, 5) is 30.8. The molecule has 4 rings (SSSR count). The first-order valence-corrected chi connectivity index (χ1v) is 9.08. The summed E-state index contributed by atoms with van der Waals surface area (Å²) in [6.07, 6.45) is 0.145. The number of imide groups is 1. The van der Waals surface area contributed by atoms with Crippen molar-refractivity contribution in [3.63, 3.8) is 0 Å². The molecule has 130 valence electrons. The quantitative estimate of drug-likeness (QED) is 0.719. The maximum Gasteiger partial charge on any atom is 0.247 e. The third kappa shape index (κ3) is 3.13. The van der Waals surface area contributed by atoms with E-state index in [2.05, 4.69) is 15.2 Å². The molecule has 1 saturated heterocycles. The zero-order chi connectivity index (χ0) is 18.1. The average molecular weight is 364 g/mol. The van der Waals surface area contributed by atoms with Crippen LogP contribution in [0, 0.1) is 6.92 Å². The number of carbonyl (C=O) groups is 2. The lowest BCUT2D eigenvalue weighted by Crippen LogP contribution is -2.31. The molecule has 1 aromatic heterocycles. The van der Waals surface area contributed by atoms with E-state index in [-0.39, 0.29) is 18.2 Å². The van der Waals surface area contributed by atoms with E-state index < -0.39 is 5.25 Å². The van der Waals surface area contributed by atoms with E-state index in [1.165, 1.54) is 16.7 Å². The molecule has 0 bridgehead atoms. The van der Waals surface area contributed by atoms with Crippen LogP contribution in [-0.2, 0) is 9.59 Å². The normalized spacial score (nSPS) is 17.1. The molecule has 0 aliphatic carbocycles. The minimum atomic E-state index is -0.512. The summed E-state index contributed by atoms with van der Waals surface area (Å²) in [7, 11) is 0. The van der Waals surface area contributed by atoms with Gasteiger partial charge in [0.1, 0.15) is 5.25 Å². The first kappa shape index (κ1) is 16.5. The van der Waals surface area contributed by atoms with E-state index in [9.17, 15) is 9.59 Å². The number of carbonyl (C=O) groups excluding carboxylic acids is 2. The molecule has 0 saturated carbocycles. The van der Waals surface area contributed by atoms with Crippen LogP contribution in [0.1, 0.15) is 12.0 Å². The lowest BCUT2D eigenvalue weighted by atomic mass is 10.2. The number of rotatable bonds is 4. The molecule has 0 unspecified atom stereocenters. The first-order chi connectivity index (χ1) is 12.6. The molecule has 1 atom stereocenters. The van der Waals surface area contributed by atoms with E-state index in [1.54, 1.807) is 6.07 Å². The Hall–Kier alpha value is -2.93. The number of nitrogens with one attached hydrogen (secondary N) is 1. The number of hydrogen-bond acceptors (Lipinski definition) is 5. The van der Waals surface area contributed by atoms with Crippen LogP contribution < -0.4 is 4.90 Å². The highest BCUT2D eigenvalue weighted by molar-refractivity contribution is 8.00. The van der Waals surface area contributed by atoms with Crippen molar-refractivity contribution >= 4 is 29.3 Å². The van der Waals surface area contributed by atoms with Crippen LogP contribution in [0.4, 0.5) is 5.69 Å². The van der Waals surface area contributed by atoms with Crippen molar-refractivity contribution in [1.82, 2.24) is 15.2 Å². The molecule has 26 heavy (non-hydrogen) atoms. The van der Waals surface area contributed by atoms with Gasteiger partial charge < -0.3 is 0 Å². The predicted molar refractivity (Wildman–Crippen MR) is 99.8 cm³/mol. The maximum atomic E-state index is 12.7. The Labute approximate surface area is 154 Å². The molecule has 1 N–H and O–H groups in total. The number of aryl methyl sites for hydroxylation is 1. The van der Waals surface area contributed by atoms with E-state index >= 15 is 0 Å². The molecule has 2 amide bonds. The monoisotopic (exact) mass is 364 g/mol. The SMILES string of the molecule is Cc1cccc(N2C(=O)C[C@@H](Sc3n[nH]c(-c4ccccc4)n3)C2=O)c1. The molecule has 6 nitrogen and oxygen atoms in total. The Morgan fingerprint density at radius 2 is 1.92 bits per heavy atom. The van der Waals surface area contributed by atoms with Gasteiger partial charge in [0.15, 0.2) is 5.82 Å². The van der Waals surface area contributed by atoms with Gasteiger partial charge in [0.25, 0.3) is 0 Å². The van der Waals surface area contributed by atoms with Gasteiger partial charge in [-0.3, -0.25) is 14.7 Å². The highest BCUT2D eigenvalue weighted by atomic mass is 32.2. The number of hydrogen-bond donors (Lipinski definition) is 1. The molecule has 2 heterocycles. The zero-order valence-corrected chi connectivity index (χ0v) is 14.9. The molecule has 7 heteroatoms. The second kappa shape index (κ2) is 6.76. The molecule has 3 aromatic rings. The molecular weight excluding hydrogens is 348 g/mol. The Kier molecular flexibility index (Phi) is 4.30. The highest BCUT2D eigenvalue weighted by Crippen LogP contribution is 2.33. The van der Waals surface area contributed by atoms with Gasteiger partial charge in [-0.2, -0.15) is 0 Å². The van der Waals surface area contributed by atoms with Gasteiger partial charge in [-0.1, -0.05) is 54.2 Å². The van der Waals surface area contributed by atoms with Crippen LogP contribution in [0.5, 0.6) is 0 Å². The Bertz CT molecular complexity index is 970. The van der Waals surface area contributed by atoms with E-state index in [4.69, 9.17) is 0 Å². The summed E-state index contributed by atoms with van der Waals surface area (Å²) in [5.41, 5.74) is 2.53. The van der Waals surface area contributed by atoms with Crippen molar-refractivity contribution in [3.05, 3.63) is 60.2 Å². The summed E-state index contributed by atoms with van der Waals surface area (Å²) in [6, 6.07) is 17.0. The standard InChI is InChI=1S/C19H16N4O2S/c1-12-6-5-9-14(10-12)23-16(24)11-15(18(23)25)26-19-20-17(21-22-19)13-7-3-2-4-8-13/h2-10,15H,11H2,1H3,(H,20,21,22)/t15-/m1/s1. The number of aromatic nitrogens is 3. The molecule has 1 aliphatic rings. The second-order valence-corrected chi connectivity index (χ2v) is 7.22. The van der Waals surface area contributed by atoms with Gasteiger partial charge in [0.05, 0.1) is 5.69 Å². The molecule has 0 spiro atoms. The first-order valence-electron chi connectivity index (χ1n) is 8.20. The van der Waals surface area contributed by atoms with Gasteiger partial charge >= 0.3 is 0 Å². The third-order valence-corrected chi connectivity index (χ3v) is 5.17. The number of nitrogens with zero attached hydrogens (tertiary/aromatic N) is 3. The number of amides is 2. The lowest BCUT2D eigenvalue weighted by Gasteiger charge is -2.15. The van der Waals surface area contributed by atoms with Crippen molar-refractivity contribution in [1.29, 1.82) is 0 Å². The van der Waals surface area contributed by atoms with E-state index in [1.807, 2.05) is 55.5 Å². The molecule has 1 aliphatic heterocycles. The second-order valence-electron chi connectivity index (χ2n) is 6.05. The topological polar surface area (TPSA) is 79.0 Å². The fourth-order valence-corrected chi connectivity index (χ4v) is 3.81. The molecular formula is C19H16N4O2S. The number of anilines is 1. The lowest BCUT2D eigenvalue weighted by molar-refractivity contribution is -0.121. The number of thioether (sulfide) groups is 1. The van der Waals surface area contributed by atoms with Gasteiger partial charge in [0, 0.05) is 12.0 Å². The summed E-state index contributed by atoms with van der Waals surface area (Å²) < 4.78 is 0. The van der Waals surface area contributed by atoms with Crippen LogP contribution in [0.15, 0.2) is 59.8 Å². The summed E-state index contributed by atoms with van der Waals surface area (Å²) in [5.74, 6) is 0.217. The van der Waals surface area contributed by atoms with Gasteiger partial charge in [-0.15, -0.1) is 5.10 Å². The number of benzene rings is 2. The predicted octanol–water partition coefficient (Wildman–Crippen LogP) is 3.20. The number of aromatic amines is 1. The molecule has 2 aromatic carbocycles. The van der Waals surface area contributed by atoms with Gasteiger partial charge in [-0.25, -0.2) is 9.88 Å². The Morgan fingerprint density at radius 3 is 2.69 bits per heavy atom. The van der Waals surface area contributed by atoms with Crippen molar-refractivity contribution < 1.29 is 9.59 Å². The van der Waals surface area contributed by atoms with Crippen molar-refractivity contribution in [2.75, 3.05) is 4.90 Å². The van der Waals surface area contributed by atoms with Crippen LogP contribution >= 0.6 is 11.8 Å². The van der Waals surface area contributed by atoms with Gasteiger partial charge in [0.2, 0.25) is 17.0 Å². The fourth-order valence-electron chi connectivity index (χ4n) is 2.89. The Morgan fingerprint density at radius 1 is 1.12 bits per heavy atom. The number of H-pyrrole nitrogens is 1. The average Bonchev–Trinajstić information content (AvgIpc) is 3.21. The van der Waals surface area contributed by atoms with Crippen LogP contribution in [0.25, 0.3) is 11.4 Å². The zero-order valence-electron chi connectivity index (χ0n) is 14.0. The molecule has 0 radical (unpaired) electrons. The van der Waals surface area contributed by atoms with Gasteiger partial charge in [-0.05, 0) is 24.6 Å².